The fourth-order valence-corrected chi connectivity index (χ4v) is 6.49. The highest BCUT2D eigenvalue weighted by molar-refractivity contribution is 14.1. The third-order valence-electron chi connectivity index (χ3n) is 6.58. The van der Waals surface area contributed by atoms with Gasteiger partial charge in [0.15, 0.2) is 23.9 Å². The minimum absolute atomic E-state index is 0.0396. The Hall–Kier alpha value is -2.22. The summed E-state index contributed by atoms with van der Waals surface area (Å²) in [5.41, 5.74) is 4.34. The number of nitrogens with two attached hydrogens (primary N) is 1. The van der Waals surface area contributed by atoms with Crippen LogP contribution in [-0.2, 0) is 35.0 Å². The number of H-pyrrole nitrogens is 1. The summed E-state index contributed by atoms with van der Waals surface area (Å²) >= 11 is 1.07. The summed E-state index contributed by atoms with van der Waals surface area (Å²) in [6, 6.07) is 0.937. The lowest BCUT2D eigenvalue weighted by molar-refractivity contribution is -0.0607. The first-order valence-electron chi connectivity index (χ1n) is 12.2. The highest BCUT2D eigenvalue weighted by Gasteiger charge is 2.52. The Morgan fingerprint density at radius 1 is 1.00 bits per heavy atom. The monoisotopic (exact) mass is 779 g/mol. The van der Waals surface area contributed by atoms with Crippen LogP contribution in [0.5, 0.6) is 0 Å². The average molecular weight is 779 g/mol. The van der Waals surface area contributed by atoms with Gasteiger partial charge < -0.3 is 40.3 Å². The summed E-state index contributed by atoms with van der Waals surface area (Å²) in [5, 5.41) is 31.6. The van der Waals surface area contributed by atoms with E-state index in [-0.39, 0.29) is 17.0 Å². The zero-order valence-electron chi connectivity index (χ0n) is 21.7. The second kappa shape index (κ2) is 12.9. The van der Waals surface area contributed by atoms with E-state index in [4.69, 9.17) is 28.8 Å². The Kier molecular flexibility index (Phi) is 9.71. The van der Waals surface area contributed by atoms with Crippen molar-refractivity contribution in [1.82, 2.24) is 29.1 Å². The number of phosphoric ester groups is 2. The number of ether oxygens (including phenoxy) is 2. The first-order valence-corrected chi connectivity index (χ1v) is 16.1. The lowest BCUT2D eigenvalue weighted by atomic mass is 10.1. The van der Waals surface area contributed by atoms with Gasteiger partial charge in [-0.1, -0.05) is 0 Å². The van der Waals surface area contributed by atoms with Crippen LogP contribution in [0.15, 0.2) is 34.5 Å². The number of nitrogens with zero attached hydrogens (tertiary/aromatic N) is 5. The van der Waals surface area contributed by atoms with E-state index >= 15 is 0 Å². The van der Waals surface area contributed by atoms with E-state index in [0.29, 0.717) is 0 Å². The van der Waals surface area contributed by atoms with E-state index in [1.54, 1.807) is 0 Å². The van der Waals surface area contributed by atoms with Crippen molar-refractivity contribution in [2.24, 2.45) is 0 Å². The molecule has 242 valence electrons. The normalized spacial score (nSPS) is 31.7. The van der Waals surface area contributed by atoms with Gasteiger partial charge in [-0.15, -0.1) is 0 Å². The molecule has 8 N–H and O–H groups in total. The molecular weight excluding hydrogens is 755 g/mol. The molecule has 44 heavy (non-hydrogen) atoms. The van der Waals surface area contributed by atoms with E-state index in [0.717, 1.165) is 46.2 Å². The van der Waals surface area contributed by atoms with Gasteiger partial charge in [0.05, 0.1) is 19.5 Å². The number of aromatic nitrogens is 6. The smallest absolute Gasteiger partial charge is 0.394 e. The maximum absolute atomic E-state index is 13.0. The van der Waals surface area contributed by atoms with Crippen molar-refractivity contribution in [1.29, 1.82) is 0 Å². The molecule has 0 spiro atoms. The lowest BCUT2D eigenvalue weighted by Crippen LogP contribution is -2.39. The number of nitrogen functional groups attached to an aromatic ring is 1. The number of phosphoric acid groups is 2. The van der Waals surface area contributed by atoms with E-state index in [9.17, 15) is 43.8 Å². The number of fused-ring (bicyclic) bond motifs is 1. The van der Waals surface area contributed by atoms with Gasteiger partial charge in [0.2, 0.25) is 0 Å². The fraction of sp³-hybridized carbons (Fsp3) is 0.526. The Balaban J connectivity index is 1.32. The molecule has 2 aliphatic rings. The maximum Gasteiger partial charge on any atom is 0.482 e. The molecular formula is C19H24IN7O15P2. The van der Waals surface area contributed by atoms with Crippen LogP contribution in [0.4, 0.5) is 5.82 Å². The van der Waals surface area contributed by atoms with Crippen molar-refractivity contribution in [2.75, 3.05) is 18.9 Å². The number of hydrogen-bond acceptors (Lipinski definition) is 17. The molecule has 0 radical (unpaired) electrons. The highest BCUT2D eigenvalue weighted by Crippen LogP contribution is 2.52. The van der Waals surface area contributed by atoms with Gasteiger partial charge in [0, 0.05) is 12.3 Å². The molecule has 2 aliphatic heterocycles. The first-order chi connectivity index (χ1) is 20.7. The Morgan fingerprint density at radius 2 is 1.64 bits per heavy atom. The topological polar surface area (TPSA) is 315 Å². The van der Waals surface area contributed by atoms with Crippen LogP contribution in [0.1, 0.15) is 12.5 Å². The molecule has 22 nitrogen and oxygen atoms in total. The lowest BCUT2D eigenvalue weighted by Gasteiger charge is -2.24. The van der Waals surface area contributed by atoms with E-state index in [2.05, 4.69) is 17.8 Å². The quantitative estimate of drug-likeness (QED) is 0.0804. The molecule has 3 aromatic rings. The van der Waals surface area contributed by atoms with Crippen molar-refractivity contribution in [3.63, 3.8) is 0 Å². The van der Waals surface area contributed by atoms with Gasteiger partial charge in [0.1, 0.15) is 71.5 Å². The predicted octanol–water partition coefficient (Wildman–Crippen LogP) is -2.18. The Bertz CT molecular complexity index is 1720. The van der Waals surface area contributed by atoms with Crippen molar-refractivity contribution >= 4 is 55.6 Å². The maximum atomic E-state index is 13.0. The second-order valence-corrected chi connectivity index (χ2v) is 13.2. The number of nitrogens with one attached hydrogen (secondary N) is 1. The third-order valence-corrected chi connectivity index (χ3v) is 9.75. The van der Waals surface area contributed by atoms with Crippen LogP contribution < -0.4 is 17.0 Å². The fourth-order valence-electron chi connectivity index (χ4n) is 4.65. The first kappa shape index (κ1) is 33.2. The number of imidazole rings is 1. The summed E-state index contributed by atoms with van der Waals surface area (Å²) in [7, 11) is -9.99. The molecule has 0 saturated carbocycles. The number of rotatable bonds is 11. The molecule has 25 heteroatoms. The van der Waals surface area contributed by atoms with Gasteiger partial charge in [-0.25, -0.2) is 31.7 Å². The summed E-state index contributed by atoms with van der Waals surface area (Å²) in [6.45, 7) is -1.72. The van der Waals surface area contributed by atoms with Crippen molar-refractivity contribution in [2.45, 2.75) is 49.1 Å². The SMILES string of the molecule is Nc1ncnc2c1ncn2[C@@H]1O[C@H](CO)C(OP(=O)(O)OC[C@H]2O[C@@H](n3ccc(=O)[nH]c3=O)C(O)C2OP(=O)(O)OI)C1O. The summed E-state index contributed by atoms with van der Waals surface area (Å²) in [6.07, 6.45) is -9.57. The van der Waals surface area contributed by atoms with E-state index in [1.165, 1.54) is 10.9 Å². The zero-order chi connectivity index (χ0) is 32.0. The van der Waals surface area contributed by atoms with Crippen molar-refractivity contribution in [3.8, 4) is 0 Å². The van der Waals surface area contributed by atoms with Crippen LogP contribution in [0.3, 0.4) is 0 Å². The van der Waals surface area contributed by atoms with Gasteiger partial charge >= 0.3 is 21.3 Å². The molecule has 2 fully saturated rings. The van der Waals surface area contributed by atoms with Crippen LogP contribution in [-0.4, -0.2) is 104 Å². The molecule has 6 unspecified atom stereocenters. The van der Waals surface area contributed by atoms with Crippen LogP contribution in [0.25, 0.3) is 11.2 Å². The third kappa shape index (κ3) is 6.66. The number of aliphatic hydroxyl groups is 3. The molecule has 10 atom stereocenters. The van der Waals surface area contributed by atoms with Gasteiger partial charge in [-0.05, 0) is 0 Å². The minimum atomic E-state index is -5.17. The predicted molar refractivity (Wildman–Crippen MR) is 148 cm³/mol. The van der Waals surface area contributed by atoms with E-state index in [1.807, 2.05) is 4.98 Å². The zero-order valence-corrected chi connectivity index (χ0v) is 25.7. The molecule has 2 saturated heterocycles. The summed E-state index contributed by atoms with van der Waals surface area (Å²) in [5.74, 6) is 0.0396. The largest absolute Gasteiger partial charge is 0.482 e. The van der Waals surface area contributed by atoms with Gasteiger partial charge in [-0.2, -0.15) is 0 Å². The molecule has 0 aromatic carbocycles. The van der Waals surface area contributed by atoms with Crippen molar-refractivity contribution < 1.29 is 60.1 Å². The van der Waals surface area contributed by atoms with Crippen LogP contribution in [0, 0.1) is 0 Å². The molecule has 5 rings (SSSR count). The molecule has 0 bridgehead atoms. The Labute approximate surface area is 258 Å². The standard InChI is InChI=1S/C19H24IN7O15P2/c20-42-44(35,36)41-14-8(39-17(12(14)31)26-2-1-9(29)25-19(26)32)4-37-43(33,34)40-13-7(3-28)38-18(11(13)30)27-6-24-10-15(21)22-5-23-16(10)27/h1-2,5-8,11-14,17-18,28,30-31H,3-4H2,(H,33,34)(H,35,36)(H2,21,22,23)(H,25,29,32)/t7-,8-,11?,12?,13?,14?,17-,18-/m1/s1. The highest BCUT2D eigenvalue weighted by atomic mass is 127. The number of aromatic amines is 1. The van der Waals surface area contributed by atoms with Crippen LogP contribution in [0.2, 0.25) is 0 Å². The average Bonchev–Trinajstić information content (AvgIpc) is 3.62. The molecule has 5 heterocycles. The number of aliphatic hydroxyl groups excluding tert-OH is 3. The summed E-state index contributed by atoms with van der Waals surface area (Å²) < 4.78 is 57.7. The number of hydrogen-bond donors (Lipinski definition) is 7. The number of halogens is 1. The van der Waals surface area contributed by atoms with Crippen molar-refractivity contribution in [3.05, 3.63) is 45.8 Å². The minimum Gasteiger partial charge on any atom is -0.394 e. The van der Waals surface area contributed by atoms with Crippen LogP contribution >= 0.6 is 38.7 Å². The second-order valence-electron chi connectivity index (χ2n) is 9.34. The molecule has 3 aromatic heterocycles. The number of anilines is 1. The molecule has 0 amide bonds. The van der Waals surface area contributed by atoms with E-state index < -0.39 is 89.2 Å². The summed E-state index contributed by atoms with van der Waals surface area (Å²) in [4.78, 5) is 57.9. The molecule has 0 aliphatic carbocycles. The Morgan fingerprint density at radius 3 is 2.30 bits per heavy atom. The van der Waals surface area contributed by atoms with Gasteiger partial charge in [0.25, 0.3) is 5.56 Å². The van der Waals surface area contributed by atoms with Gasteiger partial charge in [-0.3, -0.25) is 32.5 Å².